The molecule has 0 saturated heterocycles. The van der Waals surface area contributed by atoms with E-state index in [4.69, 9.17) is 14.2 Å². The second-order valence-corrected chi connectivity index (χ2v) is 5.75. The monoisotopic (exact) mass is 412 g/mol. The molecule has 2 aromatic rings. The Balaban J connectivity index is 2.08. The lowest BCUT2D eigenvalue weighted by Gasteiger charge is -2.14. The van der Waals surface area contributed by atoms with Gasteiger partial charge in [-0.25, -0.2) is 0 Å². The molecular formula is C19H19F3N2O5. The third kappa shape index (κ3) is 5.53. The maximum atomic E-state index is 12.5. The molecule has 0 aromatic heterocycles. The first kappa shape index (κ1) is 21.9. The van der Waals surface area contributed by atoms with Crippen molar-refractivity contribution < 1.29 is 37.0 Å². The van der Waals surface area contributed by atoms with Crippen molar-refractivity contribution >= 4 is 17.5 Å². The molecule has 0 heterocycles. The van der Waals surface area contributed by atoms with Crippen LogP contribution in [-0.4, -0.2) is 39.3 Å². The Hall–Kier alpha value is -3.43. The van der Waals surface area contributed by atoms with Gasteiger partial charge < -0.3 is 24.8 Å². The van der Waals surface area contributed by atoms with Gasteiger partial charge in [0.1, 0.15) is 0 Å². The van der Waals surface area contributed by atoms with Gasteiger partial charge in [0.05, 0.1) is 21.3 Å². The largest absolute Gasteiger partial charge is 0.493 e. The van der Waals surface area contributed by atoms with Crippen molar-refractivity contribution in [3.8, 4) is 17.2 Å². The molecule has 2 amide bonds. The number of hydrogen-bond acceptors (Lipinski definition) is 5. The van der Waals surface area contributed by atoms with Gasteiger partial charge in [-0.1, -0.05) is 12.1 Å². The molecule has 156 valence electrons. The minimum atomic E-state index is -4.94. The zero-order valence-electron chi connectivity index (χ0n) is 15.8. The highest BCUT2D eigenvalue weighted by Crippen LogP contribution is 2.38. The van der Waals surface area contributed by atoms with Crippen molar-refractivity contribution in [2.24, 2.45) is 0 Å². The summed E-state index contributed by atoms with van der Waals surface area (Å²) in [4.78, 5) is 23.4. The summed E-state index contributed by atoms with van der Waals surface area (Å²) >= 11 is 0. The number of hydrogen-bond donors (Lipinski definition) is 2. The Morgan fingerprint density at radius 1 is 0.931 bits per heavy atom. The molecule has 10 heteroatoms. The van der Waals surface area contributed by atoms with E-state index in [1.165, 1.54) is 57.7 Å². The number of carbonyl (C=O) groups is 2. The van der Waals surface area contributed by atoms with Crippen LogP contribution >= 0.6 is 0 Å². The summed E-state index contributed by atoms with van der Waals surface area (Å²) in [5, 5.41) is 4.43. The van der Waals surface area contributed by atoms with Crippen LogP contribution < -0.4 is 24.8 Å². The Morgan fingerprint density at radius 2 is 1.48 bits per heavy atom. The van der Waals surface area contributed by atoms with Crippen LogP contribution in [0.1, 0.15) is 15.9 Å². The molecule has 2 rings (SSSR count). The lowest BCUT2D eigenvalue weighted by molar-refractivity contribution is -0.173. The molecule has 0 radical (unpaired) electrons. The molecule has 0 saturated carbocycles. The van der Waals surface area contributed by atoms with Gasteiger partial charge in [0, 0.05) is 17.8 Å². The predicted molar refractivity (Wildman–Crippen MR) is 98.4 cm³/mol. The van der Waals surface area contributed by atoms with Crippen LogP contribution in [0.4, 0.5) is 18.9 Å². The molecule has 0 aliphatic carbocycles. The van der Waals surface area contributed by atoms with E-state index in [1.54, 1.807) is 5.32 Å². The number of alkyl halides is 3. The number of benzene rings is 2. The summed E-state index contributed by atoms with van der Waals surface area (Å²) in [5.74, 6) is -1.50. The molecule has 2 aromatic carbocycles. The maximum absolute atomic E-state index is 12.5. The number of anilines is 1. The zero-order chi connectivity index (χ0) is 21.6. The molecule has 0 fully saturated rings. The lowest BCUT2D eigenvalue weighted by atomic mass is 10.1. The predicted octanol–water partition coefficient (Wildman–Crippen LogP) is 3.14. The van der Waals surface area contributed by atoms with E-state index in [1.807, 2.05) is 0 Å². The van der Waals surface area contributed by atoms with E-state index in [0.717, 1.165) is 0 Å². The van der Waals surface area contributed by atoms with Crippen molar-refractivity contribution in [1.29, 1.82) is 0 Å². The first-order chi connectivity index (χ1) is 13.7. The molecule has 0 bridgehead atoms. The van der Waals surface area contributed by atoms with Crippen LogP contribution in [0.2, 0.25) is 0 Å². The van der Waals surface area contributed by atoms with Crippen LogP contribution in [0, 0.1) is 0 Å². The maximum Gasteiger partial charge on any atom is 0.471 e. The Labute approximate surface area is 164 Å². The van der Waals surface area contributed by atoms with Gasteiger partial charge >= 0.3 is 12.1 Å². The second-order valence-electron chi connectivity index (χ2n) is 5.75. The van der Waals surface area contributed by atoms with Crippen LogP contribution in [0.3, 0.4) is 0 Å². The highest BCUT2D eigenvalue weighted by atomic mass is 19.4. The van der Waals surface area contributed by atoms with Crippen molar-refractivity contribution in [3.05, 3.63) is 47.5 Å². The van der Waals surface area contributed by atoms with Crippen LogP contribution in [-0.2, 0) is 11.3 Å². The summed E-state index contributed by atoms with van der Waals surface area (Å²) in [5.41, 5.74) is 1.10. The van der Waals surface area contributed by atoms with E-state index in [0.29, 0.717) is 28.5 Å². The highest BCUT2D eigenvalue weighted by Gasteiger charge is 2.38. The summed E-state index contributed by atoms with van der Waals surface area (Å²) in [6.45, 7) is -0.292. The van der Waals surface area contributed by atoms with Crippen LogP contribution in [0.15, 0.2) is 36.4 Å². The normalized spacial score (nSPS) is 10.8. The zero-order valence-corrected chi connectivity index (χ0v) is 15.8. The van der Waals surface area contributed by atoms with Crippen molar-refractivity contribution in [1.82, 2.24) is 5.32 Å². The Kier molecular flexibility index (Phi) is 6.92. The van der Waals surface area contributed by atoms with Gasteiger partial charge in [-0.2, -0.15) is 13.2 Å². The minimum Gasteiger partial charge on any atom is -0.493 e. The fraction of sp³-hybridized carbons (Fsp3) is 0.263. The average molecular weight is 412 g/mol. The number of rotatable bonds is 7. The first-order valence-electron chi connectivity index (χ1n) is 8.25. The fourth-order valence-corrected chi connectivity index (χ4v) is 2.40. The molecule has 0 spiro atoms. The smallest absolute Gasteiger partial charge is 0.471 e. The van der Waals surface area contributed by atoms with Gasteiger partial charge in [0.25, 0.3) is 5.91 Å². The molecule has 2 N–H and O–H groups in total. The summed E-state index contributed by atoms with van der Waals surface area (Å²) in [6.07, 6.45) is -4.94. The molecule has 0 unspecified atom stereocenters. The van der Waals surface area contributed by atoms with Crippen molar-refractivity contribution in [3.63, 3.8) is 0 Å². The highest BCUT2D eigenvalue weighted by molar-refractivity contribution is 6.05. The van der Waals surface area contributed by atoms with Gasteiger partial charge in [-0.3, -0.25) is 9.59 Å². The van der Waals surface area contributed by atoms with Crippen LogP contribution in [0.25, 0.3) is 0 Å². The first-order valence-corrected chi connectivity index (χ1v) is 8.25. The van der Waals surface area contributed by atoms with Gasteiger partial charge in [-0.05, 0) is 29.8 Å². The van der Waals surface area contributed by atoms with E-state index >= 15 is 0 Å². The number of methoxy groups -OCH3 is 3. The Bertz CT molecular complexity index is 857. The van der Waals surface area contributed by atoms with E-state index < -0.39 is 18.0 Å². The SMILES string of the molecule is COc1cc(C(=O)Nc2ccc(CNC(=O)C(F)(F)F)cc2)cc(OC)c1OC. The number of halogens is 3. The summed E-state index contributed by atoms with van der Waals surface area (Å²) in [7, 11) is 4.29. The van der Waals surface area contributed by atoms with Crippen molar-refractivity contribution in [2.75, 3.05) is 26.6 Å². The molecule has 7 nitrogen and oxygen atoms in total. The van der Waals surface area contributed by atoms with Crippen molar-refractivity contribution in [2.45, 2.75) is 12.7 Å². The molecule has 0 atom stereocenters. The third-order valence-corrected chi connectivity index (χ3v) is 3.85. The minimum absolute atomic E-state index is 0.251. The molecular weight excluding hydrogens is 393 g/mol. The number of carbonyl (C=O) groups excluding carboxylic acids is 2. The second kappa shape index (κ2) is 9.18. The van der Waals surface area contributed by atoms with E-state index in [-0.39, 0.29) is 12.1 Å². The van der Waals surface area contributed by atoms with Crippen LogP contribution in [0.5, 0.6) is 17.2 Å². The van der Waals surface area contributed by atoms with Gasteiger partial charge in [-0.15, -0.1) is 0 Å². The molecule has 0 aliphatic heterocycles. The Morgan fingerprint density at radius 3 is 1.93 bits per heavy atom. The summed E-state index contributed by atoms with van der Waals surface area (Å²) in [6, 6.07) is 8.95. The fourth-order valence-electron chi connectivity index (χ4n) is 2.40. The van der Waals surface area contributed by atoms with E-state index in [2.05, 4.69) is 5.32 Å². The number of nitrogens with one attached hydrogen (secondary N) is 2. The molecule has 0 aliphatic rings. The standard InChI is InChI=1S/C19H19F3N2O5/c1-27-14-8-12(9-15(28-2)16(14)29-3)17(25)24-13-6-4-11(5-7-13)10-23-18(26)19(20,21)22/h4-9H,10H2,1-3H3,(H,23,26)(H,24,25). The average Bonchev–Trinajstić information content (AvgIpc) is 2.70. The quantitative estimate of drug-likeness (QED) is 0.730. The number of ether oxygens (including phenoxy) is 3. The summed E-state index contributed by atoms with van der Waals surface area (Å²) < 4.78 is 52.2. The topological polar surface area (TPSA) is 85.9 Å². The third-order valence-electron chi connectivity index (χ3n) is 3.85. The lowest BCUT2D eigenvalue weighted by Crippen LogP contribution is -2.36. The van der Waals surface area contributed by atoms with Gasteiger partial charge in [0.15, 0.2) is 11.5 Å². The van der Waals surface area contributed by atoms with E-state index in [9.17, 15) is 22.8 Å². The number of amides is 2. The van der Waals surface area contributed by atoms with Gasteiger partial charge in [0.2, 0.25) is 5.75 Å². The molecule has 29 heavy (non-hydrogen) atoms.